The largest absolute Gasteiger partial charge is 0.370 e. The molecule has 0 bridgehead atoms. The van der Waals surface area contributed by atoms with Gasteiger partial charge in [0.15, 0.2) is 0 Å². The predicted molar refractivity (Wildman–Crippen MR) is 65.2 cm³/mol. The molecule has 1 aromatic carbocycles. The molecule has 1 atom stereocenters. The van der Waals surface area contributed by atoms with E-state index in [1.807, 2.05) is 0 Å². The zero-order valence-electron chi connectivity index (χ0n) is 9.80. The third-order valence-electron chi connectivity index (χ3n) is 2.50. The molecule has 0 spiro atoms. The van der Waals surface area contributed by atoms with Gasteiger partial charge < -0.3 is 11.1 Å². The number of amides is 1. The fourth-order valence-corrected chi connectivity index (χ4v) is 1.62. The molecule has 2 aromatic rings. The molecular weight excluding hydrogens is 235 g/mol. The number of halogens is 1. The van der Waals surface area contributed by atoms with Crippen LogP contribution in [0, 0.1) is 5.82 Å². The summed E-state index contributed by atoms with van der Waals surface area (Å²) >= 11 is 0. The van der Waals surface area contributed by atoms with Crippen LogP contribution in [-0.2, 0) is 11.8 Å². The van der Waals surface area contributed by atoms with Gasteiger partial charge in [-0.15, -0.1) is 0 Å². The van der Waals surface area contributed by atoms with Crippen LogP contribution in [0.3, 0.4) is 0 Å². The number of aromatic nitrogens is 2. The minimum absolute atomic E-state index is 0.336. The second kappa shape index (κ2) is 4.87. The van der Waals surface area contributed by atoms with E-state index in [0.29, 0.717) is 11.3 Å². The predicted octanol–water partition coefficient (Wildman–Crippen LogP) is 1.20. The van der Waals surface area contributed by atoms with Crippen molar-refractivity contribution in [2.75, 3.05) is 5.32 Å². The molecule has 0 saturated carbocycles. The van der Waals surface area contributed by atoms with Crippen LogP contribution in [0.4, 0.5) is 10.1 Å². The van der Waals surface area contributed by atoms with Crippen LogP contribution < -0.4 is 11.1 Å². The van der Waals surface area contributed by atoms with Crippen molar-refractivity contribution in [2.45, 2.75) is 6.04 Å². The Hall–Kier alpha value is -2.37. The summed E-state index contributed by atoms with van der Waals surface area (Å²) in [7, 11) is 1.75. The average molecular weight is 248 g/mol. The van der Waals surface area contributed by atoms with Gasteiger partial charge in [0.25, 0.3) is 0 Å². The molecule has 1 unspecified atom stereocenters. The van der Waals surface area contributed by atoms with Crippen LogP contribution in [0.2, 0.25) is 0 Å². The van der Waals surface area contributed by atoms with Crippen LogP contribution in [0.1, 0.15) is 11.6 Å². The number of nitrogens with zero attached hydrogens (tertiary/aromatic N) is 2. The van der Waals surface area contributed by atoms with Gasteiger partial charge in [0.1, 0.15) is 11.9 Å². The van der Waals surface area contributed by atoms with Crippen molar-refractivity contribution in [1.29, 1.82) is 0 Å². The van der Waals surface area contributed by atoms with Gasteiger partial charge in [-0.25, -0.2) is 4.39 Å². The molecule has 2 rings (SSSR count). The molecule has 18 heavy (non-hydrogen) atoms. The number of aryl methyl sites for hydroxylation is 1. The third-order valence-corrected chi connectivity index (χ3v) is 2.50. The molecule has 1 amide bonds. The lowest BCUT2D eigenvalue weighted by Gasteiger charge is -2.15. The number of benzene rings is 1. The van der Waals surface area contributed by atoms with Crippen LogP contribution in [-0.4, -0.2) is 15.7 Å². The molecule has 1 heterocycles. The Kier molecular flexibility index (Phi) is 3.27. The lowest BCUT2D eigenvalue weighted by atomic mass is 10.1. The van der Waals surface area contributed by atoms with E-state index in [1.165, 1.54) is 12.1 Å². The molecule has 1 aromatic heterocycles. The fourth-order valence-electron chi connectivity index (χ4n) is 1.62. The van der Waals surface area contributed by atoms with Crippen molar-refractivity contribution in [1.82, 2.24) is 9.78 Å². The van der Waals surface area contributed by atoms with E-state index in [1.54, 1.807) is 36.3 Å². The number of primary amides is 1. The Labute approximate surface area is 103 Å². The van der Waals surface area contributed by atoms with E-state index in [4.69, 9.17) is 5.73 Å². The van der Waals surface area contributed by atoms with E-state index in [9.17, 15) is 9.18 Å². The molecule has 0 aliphatic heterocycles. The maximum atomic E-state index is 12.8. The zero-order chi connectivity index (χ0) is 13.1. The maximum absolute atomic E-state index is 12.8. The Bertz CT molecular complexity index is 549. The summed E-state index contributed by atoms with van der Waals surface area (Å²) in [5.41, 5.74) is 6.62. The summed E-state index contributed by atoms with van der Waals surface area (Å²) in [5.74, 6) is -0.857. The number of carbonyl (C=O) groups is 1. The summed E-state index contributed by atoms with van der Waals surface area (Å²) in [6.45, 7) is 0. The smallest absolute Gasteiger partial charge is 0.244 e. The van der Waals surface area contributed by atoms with Crippen molar-refractivity contribution < 1.29 is 9.18 Å². The molecular formula is C12H13FN4O. The first-order valence-electron chi connectivity index (χ1n) is 5.36. The Morgan fingerprint density at radius 2 is 2.11 bits per heavy atom. The first-order valence-corrected chi connectivity index (χ1v) is 5.36. The standard InChI is InChI=1S/C12H13FN4O/c1-17-7-8(6-15-17)11(12(14)18)16-10-4-2-9(13)3-5-10/h2-7,11,16H,1H3,(H2,14,18). The second-order valence-electron chi connectivity index (χ2n) is 3.93. The average Bonchev–Trinajstić information content (AvgIpc) is 2.74. The minimum atomic E-state index is -0.691. The van der Waals surface area contributed by atoms with Gasteiger partial charge in [-0.2, -0.15) is 5.10 Å². The molecule has 6 heteroatoms. The van der Waals surface area contributed by atoms with Crippen LogP contribution in [0.5, 0.6) is 0 Å². The first-order chi connectivity index (χ1) is 8.56. The summed E-state index contributed by atoms with van der Waals surface area (Å²) in [4.78, 5) is 11.4. The van der Waals surface area contributed by atoms with Crippen LogP contribution in [0.25, 0.3) is 0 Å². The van der Waals surface area contributed by atoms with Crippen LogP contribution in [0.15, 0.2) is 36.7 Å². The molecule has 0 saturated heterocycles. The molecule has 0 aliphatic carbocycles. The monoisotopic (exact) mass is 248 g/mol. The number of anilines is 1. The number of nitrogens with one attached hydrogen (secondary N) is 1. The van der Waals surface area contributed by atoms with Gasteiger partial charge in [-0.1, -0.05) is 0 Å². The third kappa shape index (κ3) is 2.65. The lowest BCUT2D eigenvalue weighted by molar-refractivity contribution is -0.118. The van der Waals surface area contributed by atoms with E-state index in [2.05, 4.69) is 10.4 Å². The number of hydrogen-bond acceptors (Lipinski definition) is 3. The van der Waals surface area contributed by atoms with Crippen LogP contribution >= 0.6 is 0 Å². The van der Waals surface area contributed by atoms with Crippen molar-refractivity contribution in [3.63, 3.8) is 0 Å². The van der Waals surface area contributed by atoms with Gasteiger partial charge in [-0.05, 0) is 24.3 Å². The molecule has 0 radical (unpaired) electrons. The van der Waals surface area contributed by atoms with Crippen molar-refractivity contribution in [3.8, 4) is 0 Å². The molecule has 0 aliphatic rings. The van der Waals surface area contributed by atoms with Gasteiger partial charge in [-0.3, -0.25) is 9.48 Å². The Morgan fingerprint density at radius 3 is 2.61 bits per heavy atom. The van der Waals surface area contributed by atoms with Crippen molar-refractivity contribution >= 4 is 11.6 Å². The van der Waals surface area contributed by atoms with E-state index in [0.717, 1.165) is 0 Å². The molecule has 94 valence electrons. The lowest BCUT2D eigenvalue weighted by Crippen LogP contribution is -2.27. The topological polar surface area (TPSA) is 72.9 Å². The van der Waals surface area contributed by atoms with Crippen molar-refractivity contribution in [3.05, 3.63) is 48.0 Å². The maximum Gasteiger partial charge on any atom is 0.244 e. The molecule has 5 nitrogen and oxygen atoms in total. The van der Waals surface area contributed by atoms with Gasteiger partial charge >= 0.3 is 0 Å². The summed E-state index contributed by atoms with van der Waals surface area (Å²) in [5, 5.41) is 6.93. The highest BCUT2D eigenvalue weighted by Crippen LogP contribution is 2.19. The zero-order valence-corrected chi connectivity index (χ0v) is 9.80. The highest BCUT2D eigenvalue weighted by Gasteiger charge is 2.19. The number of hydrogen-bond donors (Lipinski definition) is 2. The second-order valence-corrected chi connectivity index (χ2v) is 3.93. The number of nitrogens with two attached hydrogens (primary N) is 1. The number of rotatable bonds is 4. The van der Waals surface area contributed by atoms with Crippen molar-refractivity contribution in [2.24, 2.45) is 12.8 Å². The van der Waals surface area contributed by atoms with Gasteiger partial charge in [0, 0.05) is 24.5 Å². The number of carbonyl (C=O) groups excluding carboxylic acids is 1. The molecule has 3 N–H and O–H groups in total. The summed E-state index contributed by atoms with van der Waals surface area (Å²) in [6.07, 6.45) is 3.26. The summed E-state index contributed by atoms with van der Waals surface area (Å²) in [6, 6.07) is 5.01. The van der Waals surface area contributed by atoms with Gasteiger partial charge in [0.05, 0.1) is 6.20 Å². The highest BCUT2D eigenvalue weighted by molar-refractivity contribution is 5.84. The first kappa shape index (κ1) is 12.1. The van der Waals surface area contributed by atoms with E-state index >= 15 is 0 Å². The van der Waals surface area contributed by atoms with Gasteiger partial charge in [0.2, 0.25) is 5.91 Å². The van der Waals surface area contributed by atoms with E-state index < -0.39 is 11.9 Å². The summed E-state index contributed by atoms with van der Waals surface area (Å²) < 4.78 is 14.4. The quantitative estimate of drug-likeness (QED) is 0.853. The normalized spacial score (nSPS) is 12.1. The Morgan fingerprint density at radius 1 is 1.44 bits per heavy atom. The minimum Gasteiger partial charge on any atom is -0.370 e. The molecule has 0 fully saturated rings. The fraction of sp³-hybridized carbons (Fsp3) is 0.167. The van der Waals surface area contributed by atoms with E-state index in [-0.39, 0.29) is 5.82 Å². The highest BCUT2D eigenvalue weighted by atomic mass is 19.1. The Balaban J connectivity index is 2.22. The SMILES string of the molecule is Cn1cc(C(Nc2ccc(F)cc2)C(N)=O)cn1.